The number of amides is 1. The molecule has 112 valence electrons. The lowest BCUT2D eigenvalue weighted by Gasteiger charge is -2.18. The second kappa shape index (κ2) is 8.93. The van der Waals surface area contributed by atoms with Gasteiger partial charge in [-0.3, -0.25) is 9.69 Å². The van der Waals surface area contributed by atoms with Gasteiger partial charge >= 0.3 is 11.9 Å². The van der Waals surface area contributed by atoms with Gasteiger partial charge in [-0.05, 0) is 26.9 Å². The van der Waals surface area contributed by atoms with Gasteiger partial charge in [-0.2, -0.15) is 0 Å². The Kier molecular flexibility index (Phi) is 8.01. The zero-order chi connectivity index (χ0) is 15.7. The number of carbonyl (C=O) groups is 3. The molecule has 0 aromatic heterocycles. The Balaban J connectivity index is 0.000000511. The van der Waals surface area contributed by atoms with E-state index >= 15 is 0 Å². The van der Waals surface area contributed by atoms with E-state index in [0.29, 0.717) is 0 Å². The predicted octanol–water partition coefficient (Wildman–Crippen LogP) is -0.282. The minimum atomic E-state index is -1.82. The number of rotatable bonds is 1. The first-order valence-electron chi connectivity index (χ1n) is 6.12. The maximum Gasteiger partial charge on any atom is 0.414 e. The first kappa shape index (κ1) is 17.9. The number of hydrogen-bond acceptors (Lipinski definition) is 4. The Labute approximate surface area is 118 Å². The quantitative estimate of drug-likeness (QED) is 0.507. The lowest BCUT2D eigenvalue weighted by Crippen LogP contribution is -2.32. The largest absolute Gasteiger partial charge is 0.473 e. The molecular weight excluding hydrogens is 264 g/mol. The van der Waals surface area contributed by atoms with Crippen LogP contribution in [0.2, 0.25) is 0 Å². The molecule has 1 fully saturated rings. The molecule has 7 nitrogen and oxygen atoms in total. The number of hydrogen-bond donors (Lipinski definition) is 2. The molecule has 0 aromatic rings. The van der Waals surface area contributed by atoms with E-state index < -0.39 is 11.9 Å². The van der Waals surface area contributed by atoms with Crippen molar-refractivity contribution in [3.05, 3.63) is 0 Å². The molecule has 0 radical (unpaired) electrons. The highest BCUT2D eigenvalue weighted by Gasteiger charge is 2.24. The number of carboxylic acids is 2. The maximum absolute atomic E-state index is 11.2. The summed E-state index contributed by atoms with van der Waals surface area (Å²) in [4.78, 5) is 33.3. The molecule has 0 aliphatic carbocycles. The van der Waals surface area contributed by atoms with Crippen LogP contribution in [0.5, 0.6) is 0 Å². The fourth-order valence-electron chi connectivity index (χ4n) is 1.62. The average molecular weight is 284 g/mol. The van der Waals surface area contributed by atoms with Gasteiger partial charge in [-0.25, -0.2) is 9.59 Å². The van der Waals surface area contributed by atoms with E-state index in [-0.39, 0.29) is 11.9 Å². The van der Waals surface area contributed by atoms with E-state index in [0.717, 1.165) is 25.9 Å². The number of nitrogens with zero attached hydrogens (tertiary/aromatic N) is 2. The molecule has 1 saturated heterocycles. The van der Waals surface area contributed by atoms with Gasteiger partial charge in [0, 0.05) is 13.5 Å². The molecule has 0 spiro atoms. The van der Waals surface area contributed by atoms with Crippen molar-refractivity contribution in [1.82, 2.24) is 9.80 Å². The molecule has 0 aromatic carbocycles. The van der Waals surface area contributed by atoms with Crippen LogP contribution >= 0.6 is 0 Å². The Bertz CT molecular complexity index is 410. The zero-order valence-electron chi connectivity index (χ0n) is 11.9. The summed E-state index contributed by atoms with van der Waals surface area (Å²) in [6.07, 6.45) is 2.11. The molecule has 20 heavy (non-hydrogen) atoms. The van der Waals surface area contributed by atoms with Crippen molar-refractivity contribution >= 4 is 17.8 Å². The smallest absolute Gasteiger partial charge is 0.414 e. The van der Waals surface area contributed by atoms with Crippen LogP contribution in [0.4, 0.5) is 0 Å². The van der Waals surface area contributed by atoms with E-state index in [2.05, 4.69) is 11.8 Å². The van der Waals surface area contributed by atoms with E-state index in [1.165, 1.54) is 0 Å². The van der Waals surface area contributed by atoms with E-state index in [9.17, 15) is 4.79 Å². The zero-order valence-corrected chi connectivity index (χ0v) is 11.9. The Morgan fingerprint density at radius 3 is 2.20 bits per heavy atom. The molecule has 1 aliphatic heterocycles. The van der Waals surface area contributed by atoms with Crippen LogP contribution in [0.3, 0.4) is 0 Å². The summed E-state index contributed by atoms with van der Waals surface area (Å²) < 4.78 is 0. The van der Waals surface area contributed by atoms with Gasteiger partial charge in [0.1, 0.15) is 0 Å². The highest BCUT2D eigenvalue weighted by molar-refractivity contribution is 6.27. The number of carboxylic acid groups (broad SMARTS) is 2. The molecule has 1 aliphatic rings. The summed E-state index contributed by atoms with van der Waals surface area (Å²) in [6, 6.07) is 0.160. The third-order valence-electron chi connectivity index (χ3n) is 2.50. The van der Waals surface area contributed by atoms with E-state index in [1.54, 1.807) is 6.92 Å². The summed E-state index contributed by atoms with van der Waals surface area (Å²) >= 11 is 0. The van der Waals surface area contributed by atoms with Crippen LogP contribution in [0.1, 0.15) is 19.8 Å². The third kappa shape index (κ3) is 7.38. The number of carbonyl (C=O) groups excluding carboxylic acids is 1. The molecule has 2 N–H and O–H groups in total. The molecule has 1 atom stereocenters. The molecule has 0 unspecified atom stereocenters. The van der Waals surface area contributed by atoms with Crippen molar-refractivity contribution in [3.8, 4) is 11.8 Å². The van der Waals surface area contributed by atoms with Crippen molar-refractivity contribution in [2.75, 3.05) is 27.2 Å². The Morgan fingerprint density at radius 2 is 1.80 bits per heavy atom. The fraction of sp³-hybridized carbons (Fsp3) is 0.615. The predicted molar refractivity (Wildman–Crippen MR) is 72.0 cm³/mol. The Morgan fingerprint density at radius 1 is 1.25 bits per heavy atom. The van der Waals surface area contributed by atoms with Crippen molar-refractivity contribution in [1.29, 1.82) is 0 Å². The third-order valence-corrected chi connectivity index (χ3v) is 2.50. The van der Waals surface area contributed by atoms with Gasteiger partial charge in [0.25, 0.3) is 0 Å². The lowest BCUT2D eigenvalue weighted by atomic mass is 10.2. The first-order chi connectivity index (χ1) is 9.25. The summed E-state index contributed by atoms with van der Waals surface area (Å²) in [7, 11) is 3.98. The summed E-state index contributed by atoms with van der Waals surface area (Å²) in [6.45, 7) is 3.25. The Hall–Kier alpha value is -2.07. The normalized spacial score (nSPS) is 16.8. The van der Waals surface area contributed by atoms with Crippen LogP contribution in [0.25, 0.3) is 0 Å². The molecular formula is C13H20N2O5. The average Bonchev–Trinajstić information content (AvgIpc) is 2.77. The van der Waals surface area contributed by atoms with Crippen LogP contribution < -0.4 is 0 Å². The molecule has 0 bridgehead atoms. The molecule has 1 rings (SSSR count). The van der Waals surface area contributed by atoms with E-state index in [1.807, 2.05) is 23.9 Å². The topological polar surface area (TPSA) is 98.2 Å². The maximum atomic E-state index is 11.2. The van der Waals surface area contributed by atoms with Crippen LogP contribution in [-0.4, -0.2) is 71.1 Å². The van der Waals surface area contributed by atoms with Gasteiger partial charge in [0.2, 0.25) is 5.91 Å². The first-order valence-corrected chi connectivity index (χ1v) is 6.12. The van der Waals surface area contributed by atoms with Crippen LogP contribution in [0, 0.1) is 11.8 Å². The van der Waals surface area contributed by atoms with Gasteiger partial charge in [0.05, 0.1) is 12.6 Å². The van der Waals surface area contributed by atoms with Gasteiger partial charge in [-0.15, -0.1) is 0 Å². The number of aliphatic carboxylic acids is 2. The second-order valence-electron chi connectivity index (χ2n) is 4.54. The highest BCUT2D eigenvalue weighted by atomic mass is 16.4. The molecule has 1 heterocycles. The van der Waals surface area contributed by atoms with Crippen molar-refractivity contribution in [2.24, 2.45) is 0 Å². The monoisotopic (exact) mass is 284 g/mol. The van der Waals surface area contributed by atoms with Crippen LogP contribution in [0.15, 0.2) is 0 Å². The lowest BCUT2D eigenvalue weighted by molar-refractivity contribution is -0.159. The summed E-state index contributed by atoms with van der Waals surface area (Å²) in [5, 5.41) is 14.8. The molecule has 0 saturated carbocycles. The second-order valence-corrected chi connectivity index (χ2v) is 4.54. The summed E-state index contributed by atoms with van der Waals surface area (Å²) in [5.41, 5.74) is 0. The highest BCUT2D eigenvalue weighted by Crippen LogP contribution is 2.15. The van der Waals surface area contributed by atoms with Gasteiger partial charge in [0.15, 0.2) is 0 Å². The summed E-state index contributed by atoms with van der Waals surface area (Å²) in [5.74, 6) is 2.75. The number of likely N-dealkylation sites (tertiary alicyclic amines) is 1. The minimum Gasteiger partial charge on any atom is -0.473 e. The van der Waals surface area contributed by atoms with Crippen LogP contribution in [-0.2, 0) is 14.4 Å². The fourth-order valence-corrected chi connectivity index (χ4v) is 1.62. The van der Waals surface area contributed by atoms with Gasteiger partial charge in [-0.1, -0.05) is 11.8 Å². The molecule has 7 heteroatoms. The standard InChI is InChI=1S/C11H18N2O.C2H2O4/c1-10(14)13-9-5-7-11(13)6-4-8-12(2)3;3-1(4)2(5)6/h11H,5,7-9H2,1-3H3;(H,3,4)(H,5,6)/t11-;/m0./s1. The minimum absolute atomic E-state index is 0.145. The SMILES string of the molecule is CC(=O)N1CCC[C@@H]1C#CCN(C)C.O=C(O)C(=O)O. The van der Waals surface area contributed by atoms with Gasteiger partial charge < -0.3 is 15.1 Å². The molecule has 1 amide bonds. The van der Waals surface area contributed by atoms with Crippen molar-refractivity contribution in [3.63, 3.8) is 0 Å². The van der Waals surface area contributed by atoms with Crippen molar-refractivity contribution < 1.29 is 24.6 Å². The van der Waals surface area contributed by atoms with E-state index in [4.69, 9.17) is 19.8 Å². The van der Waals surface area contributed by atoms with Crippen molar-refractivity contribution in [2.45, 2.75) is 25.8 Å².